The largest absolute Gasteiger partial charge is 0.493 e. The van der Waals surface area contributed by atoms with Crippen LogP contribution in [0.4, 0.5) is 4.79 Å². The van der Waals surface area contributed by atoms with Crippen molar-refractivity contribution < 1.29 is 19.1 Å². The van der Waals surface area contributed by atoms with Crippen LogP contribution in [0.25, 0.3) is 6.08 Å². The van der Waals surface area contributed by atoms with Crippen molar-refractivity contribution in [3.63, 3.8) is 0 Å². The Hall–Kier alpha value is -2.70. The molecule has 1 fully saturated rings. The summed E-state index contributed by atoms with van der Waals surface area (Å²) in [5, 5.41) is 2.59. The summed E-state index contributed by atoms with van der Waals surface area (Å²) >= 11 is 0. The quantitative estimate of drug-likeness (QED) is 0.767. The second-order valence-electron chi connectivity index (χ2n) is 5.87. The molecule has 0 saturated carbocycles. The molecule has 0 spiro atoms. The van der Waals surface area contributed by atoms with Crippen LogP contribution in [-0.2, 0) is 4.79 Å². The van der Waals surface area contributed by atoms with Crippen LogP contribution in [-0.4, -0.2) is 50.2 Å². The summed E-state index contributed by atoms with van der Waals surface area (Å²) in [6.07, 6.45) is 6.15. The van der Waals surface area contributed by atoms with Gasteiger partial charge >= 0.3 is 6.03 Å². The Morgan fingerprint density at radius 2 is 2.04 bits per heavy atom. The van der Waals surface area contributed by atoms with E-state index in [2.05, 4.69) is 5.32 Å². The van der Waals surface area contributed by atoms with E-state index < -0.39 is 6.03 Å². The third-order valence-corrected chi connectivity index (χ3v) is 4.25. The van der Waals surface area contributed by atoms with Gasteiger partial charge in [0.1, 0.15) is 0 Å². The maximum atomic E-state index is 12.5. The van der Waals surface area contributed by atoms with Gasteiger partial charge in [-0.05, 0) is 43.0 Å². The first-order valence-electron chi connectivity index (χ1n) is 8.29. The lowest BCUT2D eigenvalue weighted by atomic mass is 10.0. The smallest absolute Gasteiger partial charge is 0.312 e. The number of ether oxygens (including phenoxy) is 2. The molecule has 1 atom stereocenters. The van der Waals surface area contributed by atoms with E-state index in [0.717, 1.165) is 24.8 Å². The molecule has 3 N–H and O–H groups in total. The first kappa shape index (κ1) is 18.6. The van der Waals surface area contributed by atoms with Gasteiger partial charge in [0.15, 0.2) is 11.5 Å². The Morgan fingerprint density at radius 1 is 1.28 bits per heavy atom. The molecule has 2 rings (SSSR count). The number of carbonyl (C=O) groups is 2. The number of piperidine rings is 1. The topological polar surface area (TPSA) is 93.9 Å². The highest BCUT2D eigenvalue weighted by molar-refractivity contribution is 5.92. The molecule has 0 aromatic heterocycles. The van der Waals surface area contributed by atoms with E-state index in [4.69, 9.17) is 15.2 Å². The van der Waals surface area contributed by atoms with Crippen molar-refractivity contribution in [1.82, 2.24) is 10.2 Å². The summed E-state index contributed by atoms with van der Waals surface area (Å²) in [5.41, 5.74) is 5.97. The van der Waals surface area contributed by atoms with E-state index in [0.29, 0.717) is 24.6 Å². The molecule has 1 aromatic rings. The van der Waals surface area contributed by atoms with E-state index in [1.807, 2.05) is 12.1 Å². The molecule has 136 valence electrons. The predicted molar refractivity (Wildman–Crippen MR) is 95.5 cm³/mol. The molecule has 1 aliphatic heterocycles. The van der Waals surface area contributed by atoms with Gasteiger partial charge in [0, 0.05) is 25.2 Å². The second-order valence-corrected chi connectivity index (χ2v) is 5.87. The summed E-state index contributed by atoms with van der Waals surface area (Å²) in [6.45, 7) is 1.06. The number of rotatable bonds is 6. The number of benzene rings is 1. The molecule has 0 bridgehead atoms. The van der Waals surface area contributed by atoms with Gasteiger partial charge in [-0.1, -0.05) is 6.07 Å². The third kappa shape index (κ3) is 5.14. The summed E-state index contributed by atoms with van der Waals surface area (Å²) in [6, 6.07) is 4.87. The number of nitrogens with zero attached hydrogens (tertiary/aromatic N) is 1. The Morgan fingerprint density at radius 3 is 2.72 bits per heavy atom. The zero-order valence-corrected chi connectivity index (χ0v) is 14.7. The molecule has 0 aliphatic carbocycles. The summed E-state index contributed by atoms with van der Waals surface area (Å²) in [5.74, 6) is 1.17. The average Bonchev–Trinajstić information content (AvgIpc) is 2.64. The number of amides is 3. The van der Waals surface area contributed by atoms with Crippen molar-refractivity contribution in [2.45, 2.75) is 25.3 Å². The molecule has 0 radical (unpaired) electrons. The van der Waals surface area contributed by atoms with Gasteiger partial charge in [-0.15, -0.1) is 0 Å². The average molecular weight is 347 g/mol. The van der Waals surface area contributed by atoms with Crippen LogP contribution < -0.4 is 20.5 Å². The molecule has 25 heavy (non-hydrogen) atoms. The molecular formula is C18H25N3O4. The van der Waals surface area contributed by atoms with E-state index in [1.165, 1.54) is 0 Å². The number of nitrogens with one attached hydrogen (secondary N) is 1. The normalized spacial score (nSPS) is 17.4. The monoisotopic (exact) mass is 347 g/mol. The van der Waals surface area contributed by atoms with Crippen LogP contribution in [0.2, 0.25) is 0 Å². The SMILES string of the molecule is COc1ccc(/C=C/C(=O)N2CCCC[C@H]2CNC(N)=O)cc1OC. The van der Waals surface area contributed by atoms with Crippen molar-refractivity contribution in [2.75, 3.05) is 27.3 Å². The van der Waals surface area contributed by atoms with E-state index >= 15 is 0 Å². The van der Waals surface area contributed by atoms with Gasteiger partial charge in [-0.3, -0.25) is 4.79 Å². The summed E-state index contributed by atoms with van der Waals surface area (Å²) in [4.78, 5) is 25.2. The fourth-order valence-electron chi connectivity index (χ4n) is 2.94. The number of hydrogen-bond acceptors (Lipinski definition) is 4. The first-order chi connectivity index (χ1) is 12.0. The Bertz CT molecular complexity index is 645. The molecule has 3 amide bonds. The minimum absolute atomic E-state index is 0.0243. The number of likely N-dealkylation sites (tertiary alicyclic amines) is 1. The maximum absolute atomic E-state index is 12.5. The number of carbonyl (C=O) groups excluding carboxylic acids is 2. The maximum Gasteiger partial charge on any atom is 0.312 e. The highest BCUT2D eigenvalue weighted by Crippen LogP contribution is 2.28. The minimum atomic E-state index is -0.571. The Labute approximate surface area is 147 Å². The molecule has 7 heteroatoms. The molecular weight excluding hydrogens is 322 g/mol. The van der Waals surface area contributed by atoms with E-state index in [1.54, 1.807) is 37.3 Å². The van der Waals surface area contributed by atoms with E-state index in [-0.39, 0.29) is 11.9 Å². The van der Waals surface area contributed by atoms with Crippen LogP contribution in [0.1, 0.15) is 24.8 Å². The van der Waals surface area contributed by atoms with Gasteiger partial charge < -0.3 is 25.4 Å². The Kier molecular flexibility index (Phi) is 6.68. The molecule has 1 aromatic carbocycles. The number of primary amides is 1. The fraction of sp³-hybridized carbons (Fsp3) is 0.444. The first-order valence-corrected chi connectivity index (χ1v) is 8.29. The van der Waals surface area contributed by atoms with Gasteiger partial charge in [-0.25, -0.2) is 4.79 Å². The molecule has 1 saturated heterocycles. The summed E-state index contributed by atoms with van der Waals surface area (Å²) < 4.78 is 10.5. The highest BCUT2D eigenvalue weighted by Gasteiger charge is 2.25. The van der Waals surface area contributed by atoms with Gasteiger partial charge in [0.05, 0.1) is 14.2 Å². The van der Waals surface area contributed by atoms with Crippen molar-refractivity contribution in [1.29, 1.82) is 0 Å². The standard InChI is InChI=1S/C18H25N3O4/c1-24-15-8-6-13(11-16(15)25-2)7-9-17(22)21-10-4-3-5-14(21)12-20-18(19)23/h6-9,11,14H,3-5,10,12H2,1-2H3,(H3,19,20,23)/b9-7+/t14-/m0/s1. The lowest BCUT2D eigenvalue weighted by Gasteiger charge is -2.35. The zero-order valence-electron chi connectivity index (χ0n) is 14.7. The van der Waals surface area contributed by atoms with Crippen LogP contribution in [0, 0.1) is 0 Å². The molecule has 1 aliphatic rings. The lowest BCUT2D eigenvalue weighted by Crippen LogP contribution is -2.49. The van der Waals surface area contributed by atoms with E-state index in [9.17, 15) is 9.59 Å². The number of methoxy groups -OCH3 is 2. The fourth-order valence-corrected chi connectivity index (χ4v) is 2.94. The van der Waals surface area contributed by atoms with Gasteiger partial charge in [0.25, 0.3) is 0 Å². The van der Waals surface area contributed by atoms with Gasteiger partial charge in [-0.2, -0.15) is 0 Å². The van der Waals surface area contributed by atoms with Gasteiger partial charge in [0.2, 0.25) is 5.91 Å². The molecule has 7 nitrogen and oxygen atoms in total. The van der Waals surface area contributed by atoms with Crippen LogP contribution >= 0.6 is 0 Å². The van der Waals surface area contributed by atoms with Crippen molar-refractivity contribution in [2.24, 2.45) is 5.73 Å². The number of urea groups is 1. The lowest BCUT2D eigenvalue weighted by molar-refractivity contribution is -0.129. The zero-order chi connectivity index (χ0) is 18.2. The highest BCUT2D eigenvalue weighted by atomic mass is 16.5. The van der Waals surface area contributed by atoms with Crippen LogP contribution in [0.3, 0.4) is 0 Å². The van der Waals surface area contributed by atoms with Crippen LogP contribution in [0.5, 0.6) is 11.5 Å². The predicted octanol–water partition coefficient (Wildman–Crippen LogP) is 1.77. The van der Waals surface area contributed by atoms with Crippen LogP contribution in [0.15, 0.2) is 24.3 Å². The summed E-state index contributed by atoms with van der Waals surface area (Å²) in [7, 11) is 3.15. The molecule has 0 unspecified atom stereocenters. The van der Waals surface area contributed by atoms with Crippen molar-refractivity contribution >= 4 is 18.0 Å². The van der Waals surface area contributed by atoms with Crippen molar-refractivity contribution in [3.8, 4) is 11.5 Å². The number of nitrogens with two attached hydrogens (primary N) is 1. The van der Waals surface area contributed by atoms with Crippen molar-refractivity contribution in [3.05, 3.63) is 29.8 Å². The molecule has 1 heterocycles. The second kappa shape index (κ2) is 8.96. The third-order valence-electron chi connectivity index (χ3n) is 4.25. The number of hydrogen-bond donors (Lipinski definition) is 2. The Balaban J connectivity index is 2.06. The minimum Gasteiger partial charge on any atom is -0.493 e.